The van der Waals surface area contributed by atoms with Gasteiger partial charge in [0.05, 0.1) is 16.2 Å². The summed E-state index contributed by atoms with van der Waals surface area (Å²) in [6, 6.07) is 7.31. The number of nitrogens with zero attached hydrogens (tertiary/aromatic N) is 3. The van der Waals surface area contributed by atoms with E-state index in [2.05, 4.69) is 11.6 Å². The predicted molar refractivity (Wildman–Crippen MR) is 102 cm³/mol. The average molecular weight is 357 g/mol. The Morgan fingerprint density at radius 1 is 1.32 bits per heavy atom. The van der Waals surface area contributed by atoms with Gasteiger partial charge >= 0.3 is 0 Å². The molecule has 1 aliphatic rings. The van der Waals surface area contributed by atoms with Gasteiger partial charge in [-0.2, -0.15) is 0 Å². The lowest BCUT2D eigenvalue weighted by molar-refractivity contribution is -0.131. The van der Waals surface area contributed by atoms with Crippen LogP contribution in [0.2, 0.25) is 0 Å². The minimum absolute atomic E-state index is 0.0920. The van der Waals surface area contributed by atoms with Crippen LogP contribution in [-0.2, 0) is 11.3 Å². The second-order valence-corrected chi connectivity index (χ2v) is 7.57. The van der Waals surface area contributed by atoms with Crippen molar-refractivity contribution < 1.29 is 4.79 Å². The molecule has 0 spiro atoms. The van der Waals surface area contributed by atoms with Gasteiger partial charge in [-0.3, -0.25) is 14.2 Å². The van der Waals surface area contributed by atoms with E-state index < -0.39 is 0 Å². The summed E-state index contributed by atoms with van der Waals surface area (Å²) in [7, 11) is 0. The van der Waals surface area contributed by atoms with Gasteiger partial charge in [0.1, 0.15) is 0 Å². The average Bonchev–Trinajstić information content (AvgIpc) is 2.65. The lowest BCUT2D eigenvalue weighted by atomic mass is 10.1. The van der Waals surface area contributed by atoms with Gasteiger partial charge in [-0.25, -0.2) is 4.98 Å². The summed E-state index contributed by atoms with van der Waals surface area (Å²) in [4.78, 5) is 32.0. The van der Waals surface area contributed by atoms with Gasteiger partial charge in [-0.05, 0) is 38.3 Å². The Bertz CT molecular complexity index is 840. The number of thioether (sulfide) groups is 1. The van der Waals surface area contributed by atoms with E-state index in [0.29, 0.717) is 22.6 Å². The number of allylic oxidation sites excluding steroid dienone is 1. The number of aromatic nitrogens is 2. The Labute approximate surface area is 151 Å². The summed E-state index contributed by atoms with van der Waals surface area (Å²) < 4.78 is 1.60. The fourth-order valence-electron chi connectivity index (χ4n) is 3.11. The van der Waals surface area contributed by atoms with Gasteiger partial charge in [-0.15, -0.1) is 6.58 Å². The van der Waals surface area contributed by atoms with Crippen LogP contribution in [0, 0.1) is 0 Å². The third-order valence-corrected chi connectivity index (χ3v) is 5.51. The zero-order valence-electron chi connectivity index (χ0n) is 14.5. The van der Waals surface area contributed by atoms with Crippen molar-refractivity contribution in [2.45, 2.75) is 43.1 Å². The number of rotatable bonds is 5. The van der Waals surface area contributed by atoms with E-state index in [-0.39, 0.29) is 16.7 Å². The number of carbonyl (C=O) groups is 1. The molecule has 0 bridgehead atoms. The summed E-state index contributed by atoms with van der Waals surface area (Å²) in [5.74, 6) is 0.122. The Balaban J connectivity index is 1.91. The molecular weight excluding hydrogens is 334 g/mol. The van der Waals surface area contributed by atoms with Crippen LogP contribution in [0.3, 0.4) is 0 Å². The molecule has 1 aliphatic heterocycles. The lowest BCUT2D eigenvalue weighted by Crippen LogP contribution is -2.40. The van der Waals surface area contributed by atoms with Gasteiger partial charge in [0, 0.05) is 19.6 Å². The Kier molecular flexibility index (Phi) is 5.58. The molecule has 0 saturated carbocycles. The standard InChI is InChI=1S/C19H23N3O2S/c1-3-11-22-18(24)15-9-5-6-10-16(15)20-19(22)25-14(2)17(23)21-12-7-4-8-13-21/h3,5-6,9-10,14H,1,4,7-8,11-13H2,2H3/t14-/m0/s1. The molecule has 1 fully saturated rings. The molecule has 25 heavy (non-hydrogen) atoms. The van der Waals surface area contributed by atoms with Crippen LogP contribution in [0.4, 0.5) is 0 Å². The van der Waals surface area contributed by atoms with Crippen molar-refractivity contribution in [1.82, 2.24) is 14.5 Å². The highest BCUT2D eigenvalue weighted by molar-refractivity contribution is 8.00. The molecular formula is C19H23N3O2S. The Morgan fingerprint density at radius 2 is 2.04 bits per heavy atom. The van der Waals surface area contributed by atoms with Crippen molar-refractivity contribution in [3.05, 3.63) is 47.3 Å². The van der Waals surface area contributed by atoms with Crippen LogP contribution < -0.4 is 5.56 Å². The smallest absolute Gasteiger partial charge is 0.262 e. The molecule has 1 saturated heterocycles. The van der Waals surface area contributed by atoms with Crippen molar-refractivity contribution in [3.63, 3.8) is 0 Å². The van der Waals surface area contributed by atoms with Crippen molar-refractivity contribution in [2.75, 3.05) is 13.1 Å². The maximum atomic E-state index is 12.8. The van der Waals surface area contributed by atoms with Crippen molar-refractivity contribution >= 4 is 28.6 Å². The van der Waals surface area contributed by atoms with Crippen LogP contribution in [-0.4, -0.2) is 38.7 Å². The molecule has 1 aromatic carbocycles. The molecule has 0 unspecified atom stereocenters. The van der Waals surface area contributed by atoms with Gasteiger partial charge in [-0.1, -0.05) is 30.0 Å². The van der Waals surface area contributed by atoms with E-state index in [4.69, 9.17) is 0 Å². The number of benzene rings is 1. The highest BCUT2D eigenvalue weighted by Gasteiger charge is 2.24. The Hall–Kier alpha value is -2.08. The largest absolute Gasteiger partial charge is 0.342 e. The van der Waals surface area contributed by atoms with Gasteiger partial charge in [0.25, 0.3) is 5.56 Å². The fourth-order valence-corrected chi connectivity index (χ4v) is 4.11. The number of piperidine rings is 1. The van der Waals surface area contributed by atoms with E-state index in [0.717, 1.165) is 25.9 Å². The van der Waals surface area contributed by atoms with Crippen LogP contribution in [0.15, 0.2) is 46.9 Å². The summed E-state index contributed by atoms with van der Waals surface area (Å²) in [5.41, 5.74) is 0.568. The maximum absolute atomic E-state index is 12.8. The molecule has 2 heterocycles. The van der Waals surface area contributed by atoms with Crippen LogP contribution in [0.1, 0.15) is 26.2 Å². The highest BCUT2D eigenvalue weighted by Crippen LogP contribution is 2.25. The number of amides is 1. The molecule has 0 aliphatic carbocycles. The van der Waals surface area contributed by atoms with Gasteiger partial charge in [0.2, 0.25) is 5.91 Å². The topological polar surface area (TPSA) is 55.2 Å². The van der Waals surface area contributed by atoms with E-state index in [1.165, 1.54) is 18.2 Å². The first-order valence-corrected chi connectivity index (χ1v) is 9.55. The third kappa shape index (κ3) is 3.79. The predicted octanol–water partition coefficient (Wildman–Crippen LogP) is 3.08. The first-order chi connectivity index (χ1) is 12.1. The zero-order valence-corrected chi connectivity index (χ0v) is 15.3. The normalized spacial score (nSPS) is 16.0. The molecule has 0 N–H and O–H groups in total. The van der Waals surface area contributed by atoms with Crippen molar-refractivity contribution in [3.8, 4) is 0 Å². The second kappa shape index (κ2) is 7.87. The van der Waals surface area contributed by atoms with E-state index in [1.807, 2.05) is 30.0 Å². The molecule has 3 rings (SSSR count). The van der Waals surface area contributed by atoms with Crippen molar-refractivity contribution in [1.29, 1.82) is 0 Å². The van der Waals surface area contributed by atoms with Crippen molar-refractivity contribution in [2.24, 2.45) is 0 Å². The number of hydrogen-bond donors (Lipinski definition) is 0. The molecule has 132 valence electrons. The number of likely N-dealkylation sites (tertiary alicyclic amines) is 1. The maximum Gasteiger partial charge on any atom is 0.262 e. The Morgan fingerprint density at radius 3 is 2.76 bits per heavy atom. The number of hydrogen-bond acceptors (Lipinski definition) is 4. The van der Waals surface area contributed by atoms with Crippen LogP contribution in [0.25, 0.3) is 10.9 Å². The summed E-state index contributed by atoms with van der Waals surface area (Å²) >= 11 is 1.35. The fraction of sp³-hybridized carbons (Fsp3) is 0.421. The minimum Gasteiger partial charge on any atom is -0.342 e. The zero-order chi connectivity index (χ0) is 17.8. The number of fused-ring (bicyclic) bond motifs is 1. The molecule has 0 radical (unpaired) electrons. The van der Waals surface area contributed by atoms with E-state index in [1.54, 1.807) is 16.7 Å². The third-order valence-electron chi connectivity index (χ3n) is 4.44. The molecule has 2 aromatic rings. The number of para-hydroxylation sites is 1. The minimum atomic E-state index is -0.276. The molecule has 6 heteroatoms. The second-order valence-electron chi connectivity index (χ2n) is 6.26. The molecule has 1 atom stereocenters. The quantitative estimate of drug-likeness (QED) is 0.469. The first kappa shape index (κ1) is 17.7. The monoisotopic (exact) mass is 357 g/mol. The lowest BCUT2D eigenvalue weighted by Gasteiger charge is -2.29. The van der Waals surface area contributed by atoms with Crippen LogP contribution in [0.5, 0.6) is 0 Å². The number of carbonyl (C=O) groups excluding carboxylic acids is 1. The molecule has 5 nitrogen and oxygen atoms in total. The van der Waals surface area contributed by atoms with Gasteiger partial charge in [0.15, 0.2) is 5.16 Å². The molecule has 1 amide bonds. The summed E-state index contributed by atoms with van der Waals surface area (Å²) in [6.45, 7) is 7.66. The van der Waals surface area contributed by atoms with Gasteiger partial charge < -0.3 is 4.90 Å². The van der Waals surface area contributed by atoms with E-state index >= 15 is 0 Å². The van der Waals surface area contributed by atoms with E-state index in [9.17, 15) is 9.59 Å². The SMILES string of the molecule is C=CCn1c(S[C@@H](C)C(=O)N2CCCCC2)nc2ccccc2c1=O. The molecule has 1 aromatic heterocycles. The summed E-state index contributed by atoms with van der Waals surface area (Å²) in [6.07, 6.45) is 5.01. The first-order valence-electron chi connectivity index (χ1n) is 8.67. The highest BCUT2D eigenvalue weighted by atomic mass is 32.2. The summed E-state index contributed by atoms with van der Waals surface area (Å²) in [5, 5.41) is 0.882. The van der Waals surface area contributed by atoms with Crippen LogP contribution >= 0.6 is 11.8 Å².